The van der Waals surface area contributed by atoms with Crippen molar-refractivity contribution < 1.29 is 13.2 Å². The van der Waals surface area contributed by atoms with E-state index in [4.69, 9.17) is 4.74 Å². The average molecular weight is 419 g/mol. The van der Waals surface area contributed by atoms with Gasteiger partial charge < -0.3 is 4.74 Å². The average Bonchev–Trinajstić information content (AvgIpc) is 2.61. The van der Waals surface area contributed by atoms with Gasteiger partial charge in [-0.05, 0) is 52.3 Å². The molecule has 7 heteroatoms. The van der Waals surface area contributed by atoms with E-state index in [1.807, 2.05) is 18.2 Å². The van der Waals surface area contributed by atoms with E-state index >= 15 is 0 Å². The minimum atomic E-state index is -3.69. The first-order valence-electron chi connectivity index (χ1n) is 7.45. The third kappa shape index (κ3) is 4.58. The highest BCUT2D eigenvalue weighted by Crippen LogP contribution is 2.25. The Morgan fingerprint density at radius 3 is 2.56 bits per heavy atom. The minimum Gasteiger partial charge on any atom is -0.487 e. The molecule has 3 aromatic rings. The lowest BCUT2D eigenvalue weighted by Crippen LogP contribution is -2.13. The number of pyridine rings is 1. The quantitative estimate of drug-likeness (QED) is 0.650. The molecule has 5 nitrogen and oxygen atoms in total. The van der Waals surface area contributed by atoms with Gasteiger partial charge in [0, 0.05) is 16.7 Å². The summed E-state index contributed by atoms with van der Waals surface area (Å²) in [6.07, 6.45) is 1.70. The van der Waals surface area contributed by atoms with Crippen molar-refractivity contribution in [2.45, 2.75) is 11.5 Å². The Morgan fingerprint density at radius 2 is 1.80 bits per heavy atom. The van der Waals surface area contributed by atoms with Gasteiger partial charge in [-0.3, -0.25) is 9.71 Å². The fourth-order valence-electron chi connectivity index (χ4n) is 2.16. The number of benzene rings is 2. The largest absolute Gasteiger partial charge is 0.487 e. The van der Waals surface area contributed by atoms with Crippen LogP contribution in [0.15, 0.2) is 82.3 Å². The highest BCUT2D eigenvalue weighted by Gasteiger charge is 2.17. The topological polar surface area (TPSA) is 68.3 Å². The second-order valence-electron chi connectivity index (χ2n) is 5.17. The lowest BCUT2D eigenvalue weighted by molar-refractivity contribution is 0.301. The molecule has 128 valence electrons. The molecule has 0 saturated carbocycles. The van der Waals surface area contributed by atoms with Crippen molar-refractivity contribution in [3.05, 3.63) is 83.1 Å². The molecule has 1 N–H and O–H groups in total. The molecule has 0 aliphatic rings. The third-order valence-electron chi connectivity index (χ3n) is 3.33. The molecule has 0 amide bonds. The van der Waals surface area contributed by atoms with Gasteiger partial charge in [0.15, 0.2) is 0 Å². The Labute approximate surface area is 154 Å². The molecular formula is C18H15BrN2O3S. The van der Waals surface area contributed by atoms with Crippen molar-refractivity contribution in [2.24, 2.45) is 0 Å². The number of rotatable bonds is 6. The van der Waals surface area contributed by atoms with Gasteiger partial charge in [-0.15, -0.1) is 0 Å². The zero-order chi connectivity index (χ0) is 17.7. The summed E-state index contributed by atoms with van der Waals surface area (Å²) in [5.74, 6) is 0.554. The van der Waals surface area contributed by atoms with Crippen LogP contribution < -0.4 is 9.46 Å². The Bertz CT molecular complexity index is 963. The molecule has 25 heavy (non-hydrogen) atoms. The van der Waals surface area contributed by atoms with Crippen LogP contribution in [-0.4, -0.2) is 13.4 Å². The van der Waals surface area contributed by atoms with Gasteiger partial charge in [0.2, 0.25) is 0 Å². The van der Waals surface area contributed by atoms with Crippen LogP contribution in [0.2, 0.25) is 0 Å². The number of sulfonamides is 1. The van der Waals surface area contributed by atoms with E-state index in [9.17, 15) is 8.42 Å². The zero-order valence-electron chi connectivity index (χ0n) is 13.1. The molecule has 1 heterocycles. The smallest absolute Gasteiger partial charge is 0.263 e. The molecule has 0 unspecified atom stereocenters. The van der Waals surface area contributed by atoms with E-state index < -0.39 is 10.0 Å². The van der Waals surface area contributed by atoms with E-state index in [0.29, 0.717) is 22.5 Å². The summed E-state index contributed by atoms with van der Waals surface area (Å²) in [7, 11) is -3.69. The normalized spacial score (nSPS) is 11.1. The van der Waals surface area contributed by atoms with Crippen molar-refractivity contribution in [1.82, 2.24) is 4.98 Å². The maximum absolute atomic E-state index is 12.5. The molecule has 2 aromatic carbocycles. The van der Waals surface area contributed by atoms with Crippen LogP contribution in [0.3, 0.4) is 0 Å². The van der Waals surface area contributed by atoms with Crippen LogP contribution in [0, 0.1) is 0 Å². The van der Waals surface area contributed by atoms with Gasteiger partial charge in [-0.1, -0.05) is 24.3 Å². The first-order chi connectivity index (χ1) is 12.0. The first-order valence-corrected chi connectivity index (χ1v) is 9.72. The molecule has 3 rings (SSSR count). The predicted molar refractivity (Wildman–Crippen MR) is 100.0 cm³/mol. The van der Waals surface area contributed by atoms with Gasteiger partial charge >= 0.3 is 0 Å². The maximum Gasteiger partial charge on any atom is 0.263 e. The molecule has 1 aromatic heterocycles. The van der Waals surface area contributed by atoms with E-state index in [0.717, 1.165) is 5.69 Å². The Balaban J connectivity index is 1.74. The van der Waals surface area contributed by atoms with E-state index in [-0.39, 0.29) is 4.90 Å². The molecule has 0 spiro atoms. The van der Waals surface area contributed by atoms with E-state index in [1.54, 1.807) is 48.7 Å². The van der Waals surface area contributed by atoms with Gasteiger partial charge in [-0.25, -0.2) is 8.42 Å². The molecule has 0 saturated heterocycles. The van der Waals surface area contributed by atoms with Crippen molar-refractivity contribution in [1.29, 1.82) is 0 Å². The summed E-state index contributed by atoms with van der Waals surface area (Å²) >= 11 is 3.26. The number of hydrogen-bond donors (Lipinski definition) is 1. The highest BCUT2D eigenvalue weighted by molar-refractivity contribution is 9.10. The van der Waals surface area contributed by atoms with Crippen molar-refractivity contribution >= 4 is 31.6 Å². The van der Waals surface area contributed by atoms with Gasteiger partial charge in [0.05, 0.1) is 11.4 Å². The highest BCUT2D eigenvalue weighted by atomic mass is 79.9. The maximum atomic E-state index is 12.5. The summed E-state index contributed by atoms with van der Waals surface area (Å²) in [4.78, 5) is 4.36. The Hall–Kier alpha value is -2.38. The molecule has 0 atom stereocenters. The molecule has 0 fully saturated rings. The Morgan fingerprint density at radius 1 is 1.00 bits per heavy atom. The summed E-state index contributed by atoms with van der Waals surface area (Å²) < 4.78 is 33.8. The number of hydrogen-bond acceptors (Lipinski definition) is 4. The van der Waals surface area contributed by atoms with Gasteiger partial charge in [0.25, 0.3) is 10.0 Å². The number of aromatic nitrogens is 1. The van der Waals surface area contributed by atoms with Crippen LogP contribution in [0.4, 0.5) is 5.69 Å². The SMILES string of the molecule is O=S(=O)(Nc1cccc(OCc2ccccn2)c1)c1ccccc1Br. The lowest BCUT2D eigenvalue weighted by atomic mass is 10.3. The number of nitrogens with zero attached hydrogens (tertiary/aromatic N) is 1. The summed E-state index contributed by atoms with van der Waals surface area (Å²) in [5, 5.41) is 0. The molecule has 0 aliphatic heterocycles. The molecule has 0 bridgehead atoms. The summed E-state index contributed by atoms with van der Waals surface area (Å²) in [5.41, 5.74) is 1.22. The zero-order valence-corrected chi connectivity index (χ0v) is 15.5. The summed E-state index contributed by atoms with van der Waals surface area (Å²) in [6.45, 7) is 0.307. The second kappa shape index (κ2) is 7.67. The fourth-order valence-corrected chi connectivity index (χ4v) is 4.22. The lowest BCUT2D eigenvalue weighted by Gasteiger charge is -2.11. The molecule has 0 aliphatic carbocycles. The second-order valence-corrected chi connectivity index (χ2v) is 7.68. The van der Waals surface area contributed by atoms with E-state index in [1.165, 1.54) is 6.07 Å². The van der Waals surface area contributed by atoms with Crippen LogP contribution in [0.25, 0.3) is 0 Å². The monoisotopic (exact) mass is 418 g/mol. The fraction of sp³-hybridized carbons (Fsp3) is 0.0556. The van der Waals surface area contributed by atoms with Crippen LogP contribution in [0.5, 0.6) is 5.75 Å². The Kier molecular flexibility index (Phi) is 5.35. The van der Waals surface area contributed by atoms with Gasteiger partial charge in [-0.2, -0.15) is 0 Å². The minimum absolute atomic E-state index is 0.176. The van der Waals surface area contributed by atoms with Crippen LogP contribution in [0.1, 0.15) is 5.69 Å². The number of nitrogens with one attached hydrogen (secondary N) is 1. The molecular weight excluding hydrogens is 404 g/mol. The summed E-state index contributed by atoms with van der Waals surface area (Å²) in [6, 6.07) is 19.0. The van der Waals surface area contributed by atoms with Crippen molar-refractivity contribution in [3.63, 3.8) is 0 Å². The third-order valence-corrected chi connectivity index (χ3v) is 5.72. The van der Waals surface area contributed by atoms with E-state index in [2.05, 4.69) is 25.6 Å². The van der Waals surface area contributed by atoms with Crippen LogP contribution in [-0.2, 0) is 16.6 Å². The first kappa shape index (κ1) is 17.4. The number of halogens is 1. The molecule has 0 radical (unpaired) electrons. The number of ether oxygens (including phenoxy) is 1. The van der Waals surface area contributed by atoms with Crippen molar-refractivity contribution in [2.75, 3.05) is 4.72 Å². The van der Waals surface area contributed by atoms with Gasteiger partial charge in [0.1, 0.15) is 17.3 Å². The van der Waals surface area contributed by atoms with Crippen molar-refractivity contribution in [3.8, 4) is 5.75 Å². The number of anilines is 1. The standard InChI is InChI=1S/C18H15BrN2O3S/c19-17-9-1-2-10-18(17)25(22,23)21-14-7-5-8-16(12-14)24-13-15-6-3-4-11-20-15/h1-12,21H,13H2. The van der Waals surface area contributed by atoms with Crippen LogP contribution >= 0.6 is 15.9 Å². The predicted octanol–water partition coefficient (Wildman–Crippen LogP) is 4.22.